The van der Waals surface area contributed by atoms with E-state index >= 15 is 0 Å². The lowest BCUT2D eigenvalue weighted by Gasteiger charge is -2.21. The van der Waals surface area contributed by atoms with Crippen molar-refractivity contribution in [3.05, 3.63) is 35.9 Å². The molecule has 1 aromatic heterocycles. The van der Waals surface area contributed by atoms with Crippen LogP contribution in [0.1, 0.15) is 32.3 Å². The van der Waals surface area contributed by atoms with Crippen LogP contribution >= 0.6 is 11.8 Å². The molecule has 6 nitrogen and oxygen atoms in total. The lowest BCUT2D eigenvalue weighted by Crippen LogP contribution is -2.23. The zero-order chi connectivity index (χ0) is 21.5. The number of nitrogens with zero attached hydrogens (tertiary/aromatic N) is 2. The molecule has 162 valence electrons. The van der Waals surface area contributed by atoms with E-state index in [-0.39, 0.29) is 12.3 Å². The van der Waals surface area contributed by atoms with Crippen LogP contribution in [0.2, 0.25) is 0 Å². The Morgan fingerprint density at radius 3 is 2.40 bits per heavy atom. The minimum Gasteiger partial charge on any atom is -0.497 e. The van der Waals surface area contributed by atoms with Gasteiger partial charge < -0.3 is 19.7 Å². The molecule has 0 radical (unpaired) electrons. The quantitative estimate of drug-likeness (QED) is 0.587. The van der Waals surface area contributed by atoms with Gasteiger partial charge in [0.25, 0.3) is 0 Å². The summed E-state index contributed by atoms with van der Waals surface area (Å²) in [6.45, 7) is 6.36. The molecule has 1 fully saturated rings. The van der Waals surface area contributed by atoms with E-state index in [0.29, 0.717) is 17.4 Å². The van der Waals surface area contributed by atoms with Crippen LogP contribution in [0.4, 0.5) is 11.5 Å². The third-order valence-electron chi connectivity index (χ3n) is 4.87. The van der Waals surface area contributed by atoms with E-state index in [0.717, 1.165) is 53.8 Å². The zero-order valence-corrected chi connectivity index (χ0v) is 19.1. The maximum atomic E-state index is 12.8. The number of pyridine rings is 1. The van der Waals surface area contributed by atoms with Crippen molar-refractivity contribution in [2.24, 2.45) is 5.92 Å². The van der Waals surface area contributed by atoms with Gasteiger partial charge in [-0.05, 0) is 48.6 Å². The highest BCUT2D eigenvalue weighted by atomic mass is 32.2. The van der Waals surface area contributed by atoms with Crippen LogP contribution in [0.25, 0.3) is 0 Å². The number of benzene rings is 1. The first-order valence-corrected chi connectivity index (χ1v) is 11.4. The van der Waals surface area contributed by atoms with E-state index in [1.807, 2.05) is 24.3 Å². The predicted octanol–water partition coefficient (Wildman–Crippen LogP) is 4.63. The smallest absolute Gasteiger partial charge is 0.228 e. The van der Waals surface area contributed by atoms with E-state index in [1.165, 1.54) is 0 Å². The fourth-order valence-corrected chi connectivity index (χ4v) is 4.20. The highest BCUT2D eigenvalue weighted by Crippen LogP contribution is 2.31. The molecule has 2 heterocycles. The second-order valence-electron chi connectivity index (χ2n) is 7.87. The number of amides is 1. The van der Waals surface area contributed by atoms with Gasteiger partial charge in [0.15, 0.2) is 5.82 Å². The fourth-order valence-electron chi connectivity index (χ4n) is 3.38. The number of aromatic nitrogens is 1. The van der Waals surface area contributed by atoms with Gasteiger partial charge in [0.1, 0.15) is 11.5 Å². The standard InChI is InChI=1S/C23H31N3O3S/c1-16(2)15-30-22-8-7-20(23(25-22)26-9-5-6-10-26)24-21(27)13-17-11-18(28-3)14-19(12-17)29-4/h7-8,11-12,14,16H,5-6,9-10,13,15H2,1-4H3,(H,24,27). The zero-order valence-electron chi connectivity index (χ0n) is 18.2. The molecule has 0 saturated carbocycles. The van der Waals surface area contributed by atoms with Gasteiger partial charge in [-0.15, -0.1) is 11.8 Å². The lowest BCUT2D eigenvalue weighted by atomic mass is 10.1. The van der Waals surface area contributed by atoms with Crippen LogP contribution in [-0.4, -0.2) is 44.0 Å². The number of thioether (sulfide) groups is 1. The summed E-state index contributed by atoms with van der Waals surface area (Å²) in [5.74, 6) is 3.75. The minimum atomic E-state index is -0.0878. The van der Waals surface area contributed by atoms with Crippen molar-refractivity contribution in [1.29, 1.82) is 0 Å². The SMILES string of the molecule is COc1cc(CC(=O)Nc2ccc(SCC(C)C)nc2N2CCCC2)cc(OC)c1. The molecular formula is C23H31N3O3S. The Kier molecular flexibility index (Phi) is 7.85. The van der Waals surface area contributed by atoms with Crippen molar-refractivity contribution < 1.29 is 14.3 Å². The monoisotopic (exact) mass is 429 g/mol. The number of carbonyl (C=O) groups excluding carboxylic acids is 1. The van der Waals surface area contributed by atoms with Crippen LogP contribution in [0.3, 0.4) is 0 Å². The van der Waals surface area contributed by atoms with Gasteiger partial charge in [0.2, 0.25) is 5.91 Å². The Hall–Kier alpha value is -2.41. The number of methoxy groups -OCH3 is 2. The molecule has 7 heteroatoms. The summed E-state index contributed by atoms with van der Waals surface area (Å²) in [6, 6.07) is 9.48. The average molecular weight is 430 g/mol. The van der Waals surface area contributed by atoms with E-state index in [4.69, 9.17) is 14.5 Å². The molecule has 1 aliphatic rings. The largest absolute Gasteiger partial charge is 0.497 e. The third-order valence-corrected chi connectivity index (χ3v) is 6.23. The van der Waals surface area contributed by atoms with E-state index in [1.54, 1.807) is 32.0 Å². The molecule has 1 aliphatic heterocycles. The van der Waals surface area contributed by atoms with Gasteiger partial charge in [0, 0.05) is 24.9 Å². The van der Waals surface area contributed by atoms with Gasteiger partial charge >= 0.3 is 0 Å². The van der Waals surface area contributed by atoms with E-state index in [9.17, 15) is 4.79 Å². The summed E-state index contributed by atoms with van der Waals surface area (Å²) in [7, 11) is 3.21. The number of ether oxygens (including phenoxy) is 2. The number of carbonyl (C=O) groups is 1. The lowest BCUT2D eigenvalue weighted by molar-refractivity contribution is -0.115. The number of rotatable bonds is 9. The van der Waals surface area contributed by atoms with Crippen LogP contribution < -0.4 is 19.7 Å². The normalized spacial score (nSPS) is 13.6. The Labute approximate surface area is 183 Å². The molecule has 0 atom stereocenters. The van der Waals surface area contributed by atoms with Crippen LogP contribution in [0.15, 0.2) is 35.4 Å². The first kappa shape index (κ1) is 22.3. The fraction of sp³-hybridized carbons (Fsp3) is 0.478. The van der Waals surface area contributed by atoms with Gasteiger partial charge in [-0.25, -0.2) is 4.98 Å². The molecule has 2 aromatic rings. The van der Waals surface area contributed by atoms with Crippen molar-refractivity contribution in [2.75, 3.05) is 43.3 Å². The highest BCUT2D eigenvalue weighted by Gasteiger charge is 2.20. The van der Waals surface area contributed by atoms with Gasteiger partial charge in [-0.3, -0.25) is 4.79 Å². The third kappa shape index (κ3) is 6.05. The Morgan fingerprint density at radius 1 is 1.13 bits per heavy atom. The first-order chi connectivity index (χ1) is 14.5. The average Bonchev–Trinajstić information content (AvgIpc) is 3.27. The Morgan fingerprint density at radius 2 is 1.80 bits per heavy atom. The van der Waals surface area contributed by atoms with Crippen molar-refractivity contribution in [2.45, 2.75) is 38.1 Å². The molecule has 30 heavy (non-hydrogen) atoms. The van der Waals surface area contributed by atoms with Crippen molar-refractivity contribution in [3.63, 3.8) is 0 Å². The van der Waals surface area contributed by atoms with E-state index < -0.39 is 0 Å². The summed E-state index contributed by atoms with van der Waals surface area (Å²) in [5, 5.41) is 4.07. The number of anilines is 2. The molecular weight excluding hydrogens is 398 g/mol. The summed E-state index contributed by atoms with van der Waals surface area (Å²) < 4.78 is 10.6. The second kappa shape index (κ2) is 10.6. The minimum absolute atomic E-state index is 0.0878. The molecule has 1 saturated heterocycles. The second-order valence-corrected chi connectivity index (χ2v) is 8.91. The predicted molar refractivity (Wildman–Crippen MR) is 123 cm³/mol. The number of nitrogens with one attached hydrogen (secondary N) is 1. The molecule has 1 amide bonds. The molecule has 0 unspecified atom stereocenters. The molecule has 0 bridgehead atoms. The summed E-state index contributed by atoms with van der Waals surface area (Å²) in [6.07, 6.45) is 2.54. The number of hydrogen-bond acceptors (Lipinski definition) is 6. The molecule has 0 aliphatic carbocycles. The molecule has 1 aromatic carbocycles. The van der Waals surface area contributed by atoms with Gasteiger partial charge in [-0.1, -0.05) is 13.8 Å². The maximum Gasteiger partial charge on any atom is 0.228 e. The van der Waals surface area contributed by atoms with Crippen LogP contribution in [-0.2, 0) is 11.2 Å². The van der Waals surface area contributed by atoms with Crippen molar-refractivity contribution >= 4 is 29.2 Å². The van der Waals surface area contributed by atoms with Gasteiger partial charge in [0.05, 0.1) is 31.4 Å². The number of hydrogen-bond donors (Lipinski definition) is 1. The van der Waals surface area contributed by atoms with Crippen LogP contribution in [0.5, 0.6) is 11.5 Å². The Bertz CT molecular complexity index is 845. The Balaban J connectivity index is 1.76. The summed E-state index contributed by atoms with van der Waals surface area (Å²) in [5.41, 5.74) is 1.61. The topological polar surface area (TPSA) is 63.7 Å². The summed E-state index contributed by atoms with van der Waals surface area (Å²) in [4.78, 5) is 19.9. The molecule has 0 spiro atoms. The summed E-state index contributed by atoms with van der Waals surface area (Å²) >= 11 is 1.76. The van der Waals surface area contributed by atoms with Gasteiger partial charge in [-0.2, -0.15) is 0 Å². The van der Waals surface area contributed by atoms with Crippen molar-refractivity contribution in [1.82, 2.24) is 4.98 Å². The molecule has 1 N–H and O–H groups in total. The van der Waals surface area contributed by atoms with E-state index in [2.05, 4.69) is 24.1 Å². The van der Waals surface area contributed by atoms with Crippen molar-refractivity contribution in [3.8, 4) is 11.5 Å². The van der Waals surface area contributed by atoms with Crippen LogP contribution in [0, 0.1) is 5.92 Å². The first-order valence-electron chi connectivity index (χ1n) is 10.4. The highest BCUT2D eigenvalue weighted by molar-refractivity contribution is 7.99. The molecule has 3 rings (SSSR count). The maximum absolute atomic E-state index is 12.8.